The Morgan fingerprint density at radius 1 is 1.43 bits per heavy atom. The average molecular weight is 292 g/mol. The summed E-state index contributed by atoms with van der Waals surface area (Å²) in [6, 6.07) is 3.80. The van der Waals surface area contributed by atoms with Crippen molar-refractivity contribution in [3.05, 3.63) is 18.3 Å². The van der Waals surface area contributed by atoms with Crippen molar-refractivity contribution in [2.24, 2.45) is 0 Å². The molecule has 1 aromatic rings. The molecule has 116 valence electrons. The zero-order valence-electron chi connectivity index (χ0n) is 12.9. The first-order valence-corrected chi connectivity index (χ1v) is 7.29. The molecule has 3 N–H and O–H groups in total. The van der Waals surface area contributed by atoms with Crippen LogP contribution >= 0.6 is 0 Å². The standard InChI is InChI=1S/C15H24N4O2/c1-15(2,3)21-14(20)18-12-5-8-19(9-6-12)13-10-11(16)4-7-17-13/h4,7,10,12H,5-6,8-9H2,1-3H3,(H2,16,17)(H,18,20). The van der Waals surface area contributed by atoms with Crippen LogP contribution in [0.25, 0.3) is 0 Å². The number of aromatic nitrogens is 1. The van der Waals surface area contributed by atoms with E-state index in [0.29, 0.717) is 5.69 Å². The average Bonchev–Trinajstić information content (AvgIpc) is 2.37. The fourth-order valence-electron chi connectivity index (χ4n) is 2.33. The van der Waals surface area contributed by atoms with Crippen LogP contribution in [-0.2, 0) is 4.74 Å². The molecule has 6 heteroatoms. The summed E-state index contributed by atoms with van der Waals surface area (Å²) < 4.78 is 5.28. The molecule has 1 aromatic heterocycles. The summed E-state index contributed by atoms with van der Waals surface area (Å²) in [6.45, 7) is 7.27. The highest BCUT2D eigenvalue weighted by molar-refractivity contribution is 5.68. The number of ether oxygens (including phenoxy) is 1. The van der Waals surface area contributed by atoms with E-state index in [-0.39, 0.29) is 12.1 Å². The number of rotatable bonds is 2. The fourth-order valence-corrected chi connectivity index (χ4v) is 2.33. The summed E-state index contributed by atoms with van der Waals surface area (Å²) >= 11 is 0. The molecule has 0 saturated carbocycles. The van der Waals surface area contributed by atoms with Crippen LogP contribution in [0.1, 0.15) is 33.6 Å². The molecule has 0 spiro atoms. The van der Waals surface area contributed by atoms with Crippen molar-refractivity contribution in [2.45, 2.75) is 45.3 Å². The first-order valence-electron chi connectivity index (χ1n) is 7.29. The molecule has 0 unspecified atom stereocenters. The zero-order valence-corrected chi connectivity index (χ0v) is 12.9. The van der Waals surface area contributed by atoms with Gasteiger partial charge in [-0.3, -0.25) is 0 Å². The highest BCUT2D eigenvalue weighted by Crippen LogP contribution is 2.19. The first kappa shape index (κ1) is 15.4. The maximum absolute atomic E-state index is 11.7. The lowest BCUT2D eigenvalue weighted by Crippen LogP contribution is -2.46. The van der Waals surface area contributed by atoms with Gasteiger partial charge in [-0.1, -0.05) is 0 Å². The predicted molar refractivity (Wildman–Crippen MR) is 83.3 cm³/mol. The zero-order chi connectivity index (χ0) is 15.5. The number of carbonyl (C=O) groups is 1. The third kappa shape index (κ3) is 4.81. The van der Waals surface area contributed by atoms with Crippen LogP contribution in [-0.4, -0.2) is 35.8 Å². The molecule has 0 radical (unpaired) electrons. The highest BCUT2D eigenvalue weighted by atomic mass is 16.6. The van der Waals surface area contributed by atoms with Crippen molar-refractivity contribution in [1.82, 2.24) is 10.3 Å². The normalized spacial score (nSPS) is 16.6. The molecule has 2 rings (SSSR count). The molecule has 1 aliphatic rings. The summed E-state index contributed by atoms with van der Waals surface area (Å²) in [6.07, 6.45) is 3.12. The van der Waals surface area contributed by atoms with Crippen LogP contribution < -0.4 is 16.0 Å². The summed E-state index contributed by atoms with van der Waals surface area (Å²) in [5.74, 6) is 0.894. The Kier molecular flexibility index (Phi) is 4.55. The highest BCUT2D eigenvalue weighted by Gasteiger charge is 2.24. The fraction of sp³-hybridized carbons (Fsp3) is 0.600. The van der Waals surface area contributed by atoms with Crippen LogP contribution in [0.3, 0.4) is 0 Å². The third-order valence-electron chi connectivity index (χ3n) is 3.31. The topological polar surface area (TPSA) is 80.5 Å². The monoisotopic (exact) mass is 292 g/mol. The van der Waals surface area contributed by atoms with E-state index in [4.69, 9.17) is 10.5 Å². The minimum Gasteiger partial charge on any atom is -0.444 e. The molecule has 1 aliphatic heterocycles. The Morgan fingerprint density at radius 3 is 2.67 bits per heavy atom. The smallest absolute Gasteiger partial charge is 0.407 e. The maximum Gasteiger partial charge on any atom is 0.407 e. The van der Waals surface area contributed by atoms with E-state index in [0.717, 1.165) is 31.7 Å². The molecule has 0 bridgehead atoms. The summed E-state index contributed by atoms with van der Waals surface area (Å²) in [5.41, 5.74) is 6.03. The number of nitrogens with two attached hydrogens (primary N) is 1. The number of nitrogens with zero attached hydrogens (tertiary/aromatic N) is 2. The molecule has 6 nitrogen and oxygen atoms in total. The summed E-state index contributed by atoms with van der Waals surface area (Å²) in [5, 5.41) is 2.93. The largest absolute Gasteiger partial charge is 0.444 e. The van der Waals surface area contributed by atoms with Gasteiger partial charge >= 0.3 is 6.09 Å². The van der Waals surface area contributed by atoms with Crippen LogP contribution in [0, 0.1) is 0 Å². The quantitative estimate of drug-likeness (QED) is 0.873. The molecular weight excluding hydrogens is 268 g/mol. The Labute approximate surface area is 125 Å². The Hall–Kier alpha value is -1.98. The van der Waals surface area contributed by atoms with Gasteiger partial charge in [0.15, 0.2) is 0 Å². The summed E-state index contributed by atoms with van der Waals surface area (Å²) in [4.78, 5) is 18.3. The number of hydrogen-bond donors (Lipinski definition) is 2. The minimum absolute atomic E-state index is 0.150. The van der Waals surface area contributed by atoms with E-state index < -0.39 is 5.60 Å². The van der Waals surface area contributed by atoms with Gasteiger partial charge in [-0.2, -0.15) is 0 Å². The molecule has 1 saturated heterocycles. The maximum atomic E-state index is 11.7. The lowest BCUT2D eigenvalue weighted by atomic mass is 10.1. The van der Waals surface area contributed by atoms with E-state index in [1.807, 2.05) is 26.8 Å². The van der Waals surface area contributed by atoms with Crippen molar-refractivity contribution in [2.75, 3.05) is 23.7 Å². The van der Waals surface area contributed by atoms with Crippen molar-refractivity contribution < 1.29 is 9.53 Å². The SMILES string of the molecule is CC(C)(C)OC(=O)NC1CCN(c2cc(N)ccn2)CC1. The number of nitrogen functional groups attached to an aromatic ring is 1. The van der Waals surface area contributed by atoms with E-state index in [1.54, 1.807) is 12.3 Å². The van der Waals surface area contributed by atoms with Crippen molar-refractivity contribution in [1.29, 1.82) is 0 Å². The van der Waals surface area contributed by atoms with Crippen LogP contribution in [0.4, 0.5) is 16.3 Å². The Morgan fingerprint density at radius 2 is 2.10 bits per heavy atom. The van der Waals surface area contributed by atoms with Crippen LogP contribution in [0.2, 0.25) is 0 Å². The first-order chi connectivity index (χ1) is 9.83. The second kappa shape index (κ2) is 6.20. The molecule has 0 aliphatic carbocycles. The molecule has 0 atom stereocenters. The number of alkyl carbamates (subject to hydrolysis) is 1. The second-order valence-electron chi connectivity index (χ2n) is 6.35. The van der Waals surface area contributed by atoms with Gasteiger partial charge in [-0.15, -0.1) is 0 Å². The van der Waals surface area contributed by atoms with Gasteiger partial charge in [0.2, 0.25) is 0 Å². The number of carbonyl (C=O) groups excluding carboxylic acids is 1. The molecule has 21 heavy (non-hydrogen) atoms. The molecular formula is C15H24N4O2. The Balaban J connectivity index is 1.82. The van der Waals surface area contributed by atoms with Crippen LogP contribution in [0.5, 0.6) is 0 Å². The lowest BCUT2D eigenvalue weighted by molar-refractivity contribution is 0.0497. The van der Waals surface area contributed by atoms with Gasteiger partial charge < -0.3 is 20.7 Å². The lowest BCUT2D eigenvalue weighted by Gasteiger charge is -2.33. The number of amides is 1. The Bertz CT molecular complexity index is 491. The second-order valence-corrected chi connectivity index (χ2v) is 6.35. The van der Waals surface area contributed by atoms with Crippen molar-refractivity contribution in [3.63, 3.8) is 0 Å². The molecule has 2 heterocycles. The van der Waals surface area contributed by atoms with Gasteiger partial charge in [0.05, 0.1) is 0 Å². The van der Waals surface area contributed by atoms with Gasteiger partial charge in [0, 0.05) is 37.1 Å². The van der Waals surface area contributed by atoms with Crippen molar-refractivity contribution >= 4 is 17.6 Å². The number of anilines is 2. The predicted octanol–water partition coefficient (Wildman–Crippen LogP) is 2.16. The summed E-state index contributed by atoms with van der Waals surface area (Å²) in [7, 11) is 0. The van der Waals surface area contributed by atoms with Gasteiger partial charge in [0.1, 0.15) is 11.4 Å². The van der Waals surface area contributed by atoms with E-state index in [9.17, 15) is 4.79 Å². The van der Waals surface area contributed by atoms with Gasteiger partial charge in [0.25, 0.3) is 0 Å². The van der Waals surface area contributed by atoms with E-state index >= 15 is 0 Å². The van der Waals surface area contributed by atoms with Crippen LogP contribution in [0.15, 0.2) is 18.3 Å². The number of piperidine rings is 1. The van der Waals surface area contributed by atoms with Gasteiger partial charge in [-0.05, 0) is 39.7 Å². The minimum atomic E-state index is -0.462. The van der Waals surface area contributed by atoms with E-state index in [2.05, 4.69) is 15.2 Å². The number of nitrogens with one attached hydrogen (secondary N) is 1. The number of hydrogen-bond acceptors (Lipinski definition) is 5. The molecule has 0 aromatic carbocycles. The third-order valence-corrected chi connectivity index (χ3v) is 3.31. The molecule has 1 fully saturated rings. The molecule has 1 amide bonds. The van der Waals surface area contributed by atoms with E-state index in [1.165, 1.54) is 0 Å². The van der Waals surface area contributed by atoms with Crippen molar-refractivity contribution in [3.8, 4) is 0 Å². The van der Waals surface area contributed by atoms with Gasteiger partial charge in [-0.25, -0.2) is 9.78 Å². The number of pyridine rings is 1.